The van der Waals surface area contributed by atoms with Crippen molar-refractivity contribution in [2.75, 3.05) is 6.54 Å². The summed E-state index contributed by atoms with van der Waals surface area (Å²) in [6.07, 6.45) is 0.600. The number of esters is 1. The molecule has 0 unspecified atom stereocenters. The summed E-state index contributed by atoms with van der Waals surface area (Å²) in [6, 6.07) is 0. The molecule has 0 aromatic heterocycles. The second-order valence-electron chi connectivity index (χ2n) is 3.54. The molecule has 14 heavy (non-hydrogen) atoms. The highest BCUT2D eigenvalue weighted by atomic mass is 16.7. The van der Waals surface area contributed by atoms with Crippen LogP contribution in [0.2, 0.25) is 0 Å². The van der Waals surface area contributed by atoms with Gasteiger partial charge in [-0.15, -0.1) is 0 Å². The van der Waals surface area contributed by atoms with Crippen LogP contribution in [0.1, 0.15) is 33.6 Å². The Labute approximate surface area is 83.5 Å². The van der Waals surface area contributed by atoms with Gasteiger partial charge in [0.25, 0.3) is 0 Å². The Balaban J connectivity index is 3.98. The van der Waals surface area contributed by atoms with Crippen LogP contribution in [0.25, 0.3) is 0 Å². The number of carbonyl (C=O) groups is 2. The van der Waals surface area contributed by atoms with Gasteiger partial charge in [0.05, 0.1) is 6.54 Å². The minimum Gasteiger partial charge on any atom is -0.428 e. The van der Waals surface area contributed by atoms with E-state index in [-0.39, 0.29) is 6.54 Å². The molecule has 0 saturated carbocycles. The third kappa shape index (κ3) is 5.53. The standard InChI is InChI=1S/C9H17NO4/c1-4-5-9(2,3)14-8(12)13-7(11)6-10/h4-6,10H2,1-3H3. The second kappa shape index (κ2) is 5.59. The van der Waals surface area contributed by atoms with E-state index in [2.05, 4.69) is 4.74 Å². The molecular formula is C9H17NO4. The predicted octanol–water partition coefficient (Wildman–Crippen LogP) is 1.20. The number of nitrogens with two attached hydrogens (primary N) is 1. The summed E-state index contributed by atoms with van der Waals surface area (Å²) in [5.41, 5.74) is 4.35. The zero-order chi connectivity index (χ0) is 11.2. The van der Waals surface area contributed by atoms with Gasteiger partial charge in [0, 0.05) is 0 Å². The average Bonchev–Trinajstić information content (AvgIpc) is 2.02. The maximum absolute atomic E-state index is 11.0. The van der Waals surface area contributed by atoms with E-state index in [1.54, 1.807) is 13.8 Å². The van der Waals surface area contributed by atoms with Crippen LogP contribution in [0, 0.1) is 0 Å². The van der Waals surface area contributed by atoms with Crippen molar-refractivity contribution in [2.24, 2.45) is 5.73 Å². The Morgan fingerprint density at radius 3 is 2.36 bits per heavy atom. The van der Waals surface area contributed by atoms with E-state index >= 15 is 0 Å². The summed E-state index contributed by atoms with van der Waals surface area (Å²) in [5.74, 6) is -0.790. The molecular weight excluding hydrogens is 186 g/mol. The van der Waals surface area contributed by atoms with Crippen molar-refractivity contribution in [2.45, 2.75) is 39.2 Å². The molecule has 0 aliphatic rings. The van der Waals surface area contributed by atoms with Gasteiger partial charge < -0.3 is 15.2 Å². The maximum atomic E-state index is 11.0. The van der Waals surface area contributed by atoms with Crippen LogP contribution in [0.5, 0.6) is 0 Å². The maximum Gasteiger partial charge on any atom is 0.516 e. The molecule has 0 fully saturated rings. The summed E-state index contributed by atoms with van der Waals surface area (Å²) in [7, 11) is 0. The molecule has 82 valence electrons. The van der Waals surface area contributed by atoms with Crippen LogP contribution in [0.3, 0.4) is 0 Å². The SMILES string of the molecule is CCCC(C)(C)OC(=O)OC(=O)CN. The van der Waals surface area contributed by atoms with Gasteiger partial charge in [-0.1, -0.05) is 13.3 Å². The first-order chi connectivity index (χ1) is 6.41. The van der Waals surface area contributed by atoms with Gasteiger partial charge in [0.15, 0.2) is 0 Å². The van der Waals surface area contributed by atoms with Crippen molar-refractivity contribution >= 4 is 12.1 Å². The Kier molecular flexibility index (Phi) is 5.15. The fourth-order valence-corrected chi connectivity index (χ4v) is 1.03. The van der Waals surface area contributed by atoms with Crippen LogP contribution in [0.15, 0.2) is 0 Å². The van der Waals surface area contributed by atoms with E-state index in [0.29, 0.717) is 6.42 Å². The summed E-state index contributed by atoms with van der Waals surface area (Å²) >= 11 is 0. The molecule has 0 aliphatic heterocycles. The Morgan fingerprint density at radius 1 is 1.36 bits per heavy atom. The third-order valence-corrected chi connectivity index (χ3v) is 1.58. The van der Waals surface area contributed by atoms with Crippen molar-refractivity contribution in [1.29, 1.82) is 0 Å². The van der Waals surface area contributed by atoms with Crippen molar-refractivity contribution in [3.05, 3.63) is 0 Å². The van der Waals surface area contributed by atoms with Crippen LogP contribution in [-0.2, 0) is 14.3 Å². The Hall–Kier alpha value is -1.10. The van der Waals surface area contributed by atoms with Gasteiger partial charge in [-0.25, -0.2) is 4.79 Å². The van der Waals surface area contributed by atoms with Crippen molar-refractivity contribution in [3.63, 3.8) is 0 Å². The van der Waals surface area contributed by atoms with Gasteiger partial charge in [0.1, 0.15) is 5.60 Å². The largest absolute Gasteiger partial charge is 0.516 e. The van der Waals surface area contributed by atoms with E-state index in [1.807, 2.05) is 6.92 Å². The molecule has 0 radical (unpaired) electrons. The zero-order valence-corrected chi connectivity index (χ0v) is 8.83. The molecule has 0 atom stereocenters. The van der Waals surface area contributed by atoms with E-state index in [0.717, 1.165) is 6.42 Å². The fraction of sp³-hybridized carbons (Fsp3) is 0.778. The van der Waals surface area contributed by atoms with Gasteiger partial charge in [-0.2, -0.15) is 0 Å². The lowest BCUT2D eigenvalue weighted by Gasteiger charge is -2.23. The van der Waals surface area contributed by atoms with Crippen molar-refractivity contribution in [1.82, 2.24) is 0 Å². The van der Waals surface area contributed by atoms with Gasteiger partial charge in [-0.3, -0.25) is 4.79 Å². The topological polar surface area (TPSA) is 78.6 Å². The third-order valence-electron chi connectivity index (χ3n) is 1.58. The smallest absolute Gasteiger partial charge is 0.428 e. The molecule has 0 aromatic carbocycles. The quantitative estimate of drug-likeness (QED) is 0.548. The molecule has 5 nitrogen and oxygen atoms in total. The predicted molar refractivity (Wildman–Crippen MR) is 50.6 cm³/mol. The second-order valence-corrected chi connectivity index (χ2v) is 3.54. The van der Waals surface area contributed by atoms with Crippen LogP contribution in [-0.4, -0.2) is 24.3 Å². The Morgan fingerprint density at radius 2 is 1.93 bits per heavy atom. The molecule has 0 spiro atoms. The molecule has 0 amide bonds. The number of carbonyl (C=O) groups excluding carboxylic acids is 2. The lowest BCUT2D eigenvalue weighted by Crippen LogP contribution is -2.30. The van der Waals surface area contributed by atoms with Crippen LogP contribution < -0.4 is 5.73 Å². The first kappa shape index (κ1) is 12.9. The number of ether oxygens (including phenoxy) is 2. The summed E-state index contributed by atoms with van der Waals surface area (Å²) in [5, 5.41) is 0. The molecule has 0 heterocycles. The number of hydrogen-bond acceptors (Lipinski definition) is 5. The van der Waals surface area contributed by atoms with Crippen LogP contribution in [0.4, 0.5) is 4.79 Å². The number of hydrogen-bond donors (Lipinski definition) is 1. The van der Waals surface area contributed by atoms with Crippen molar-refractivity contribution < 1.29 is 19.1 Å². The van der Waals surface area contributed by atoms with E-state index in [9.17, 15) is 9.59 Å². The van der Waals surface area contributed by atoms with Crippen LogP contribution >= 0.6 is 0 Å². The van der Waals surface area contributed by atoms with Gasteiger partial charge in [-0.05, 0) is 20.3 Å². The first-order valence-electron chi connectivity index (χ1n) is 4.55. The van der Waals surface area contributed by atoms with E-state index in [4.69, 9.17) is 10.5 Å². The minimum absolute atomic E-state index is 0.330. The average molecular weight is 203 g/mol. The van der Waals surface area contributed by atoms with Crippen molar-refractivity contribution in [3.8, 4) is 0 Å². The molecule has 5 heteroatoms. The normalized spacial score (nSPS) is 10.9. The van der Waals surface area contributed by atoms with Gasteiger partial charge in [0.2, 0.25) is 0 Å². The summed E-state index contributed by atoms with van der Waals surface area (Å²) in [4.78, 5) is 21.6. The first-order valence-corrected chi connectivity index (χ1v) is 4.55. The van der Waals surface area contributed by atoms with E-state index in [1.165, 1.54) is 0 Å². The molecule has 0 bridgehead atoms. The summed E-state index contributed by atoms with van der Waals surface area (Å²) in [6.45, 7) is 5.15. The lowest BCUT2D eigenvalue weighted by atomic mass is 10.0. The molecule has 0 rings (SSSR count). The highest BCUT2D eigenvalue weighted by Crippen LogP contribution is 2.17. The molecule has 0 aliphatic carbocycles. The molecule has 2 N–H and O–H groups in total. The molecule has 0 aromatic rings. The molecule has 0 saturated heterocycles. The number of rotatable bonds is 4. The summed E-state index contributed by atoms with van der Waals surface area (Å²) < 4.78 is 9.17. The minimum atomic E-state index is -0.987. The highest BCUT2D eigenvalue weighted by Gasteiger charge is 2.23. The zero-order valence-electron chi connectivity index (χ0n) is 8.83. The Bertz CT molecular complexity index is 213. The monoisotopic (exact) mass is 203 g/mol. The van der Waals surface area contributed by atoms with Gasteiger partial charge >= 0.3 is 12.1 Å². The fourth-order valence-electron chi connectivity index (χ4n) is 1.03. The van der Waals surface area contributed by atoms with E-state index < -0.39 is 17.7 Å². The lowest BCUT2D eigenvalue weighted by molar-refractivity contribution is -0.140. The highest BCUT2D eigenvalue weighted by molar-refractivity contribution is 5.83.